The Labute approximate surface area is 71.7 Å². The van der Waals surface area contributed by atoms with Crippen LogP contribution in [0.4, 0.5) is 0 Å². The Balaban J connectivity index is 2.73. The number of phenolic OH excluding ortho intramolecular Hbond substituents is 1. The fourth-order valence-corrected chi connectivity index (χ4v) is 1.04. The highest BCUT2D eigenvalue weighted by molar-refractivity contribution is 5.28. The van der Waals surface area contributed by atoms with Crippen LogP contribution in [0.25, 0.3) is 0 Å². The summed E-state index contributed by atoms with van der Waals surface area (Å²) in [5.74, 6) is 0.183. The minimum Gasteiger partial charge on any atom is -0.508 e. The summed E-state index contributed by atoms with van der Waals surface area (Å²) in [4.78, 5) is 0. The molecular formula is C9H13NO2. The molecule has 0 aliphatic rings. The summed E-state index contributed by atoms with van der Waals surface area (Å²) >= 11 is 0. The summed E-state index contributed by atoms with van der Waals surface area (Å²) in [6.45, 7) is 0.490. The molecule has 0 aliphatic carbocycles. The molecule has 66 valence electrons. The van der Waals surface area contributed by atoms with Crippen LogP contribution in [0.15, 0.2) is 24.3 Å². The first-order valence-electron chi connectivity index (χ1n) is 3.85. The number of hydrogen-bond acceptors (Lipinski definition) is 3. The van der Waals surface area contributed by atoms with Crippen LogP contribution < -0.4 is 5.32 Å². The Morgan fingerprint density at radius 3 is 2.83 bits per heavy atom. The molecule has 0 amide bonds. The third kappa shape index (κ3) is 2.22. The second-order valence-electron chi connectivity index (χ2n) is 2.67. The van der Waals surface area contributed by atoms with Crippen LogP contribution in [-0.2, 0) is 0 Å². The zero-order chi connectivity index (χ0) is 8.97. The van der Waals surface area contributed by atoms with Crippen molar-refractivity contribution in [2.45, 2.75) is 6.10 Å². The van der Waals surface area contributed by atoms with Crippen molar-refractivity contribution in [1.29, 1.82) is 0 Å². The SMILES string of the molecule is [11CH3]NCC(O)c1cccc(O)c1. The van der Waals surface area contributed by atoms with Crippen LogP contribution in [0.2, 0.25) is 0 Å². The number of aliphatic hydroxyl groups excluding tert-OH is 1. The molecule has 0 spiro atoms. The number of rotatable bonds is 3. The number of phenols is 1. The molecule has 0 fully saturated rings. The Morgan fingerprint density at radius 2 is 2.25 bits per heavy atom. The lowest BCUT2D eigenvalue weighted by molar-refractivity contribution is 0.177. The molecule has 1 atom stereocenters. The molecule has 0 bridgehead atoms. The molecule has 3 nitrogen and oxygen atoms in total. The van der Waals surface area contributed by atoms with Gasteiger partial charge in [0, 0.05) is 6.54 Å². The van der Waals surface area contributed by atoms with Gasteiger partial charge >= 0.3 is 0 Å². The summed E-state index contributed by atoms with van der Waals surface area (Å²) in [6.07, 6.45) is -0.554. The first-order valence-corrected chi connectivity index (χ1v) is 3.85. The number of likely N-dealkylation sites (N-methyl/N-ethyl adjacent to an activating group) is 1. The average molecular weight is 166 g/mol. The van der Waals surface area contributed by atoms with Gasteiger partial charge in [0.1, 0.15) is 5.75 Å². The van der Waals surface area contributed by atoms with Crippen molar-refractivity contribution >= 4 is 0 Å². The van der Waals surface area contributed by atoms with Crippen LogP contribution in [-0.4, -0.2) is 23.8 Å². The van der Waals surface area contributed by atoms with Crippen LogP contribution >= 0.6 is 0 Å². The van der Waals surface area contributed by atoms with E-state index in [-0.39, 0.29) is 5.75 Å². The highest BCUT2D eigenvalue weighted by Crippen LogP contribution is 2.17. The van der Waals surface area contributed by atoms with Gasteiger partial charge in [0.25, 0.3) is 0 Å². The topological polar surface area (TPSA) is 52.5 Å². The average Bonchev–Trinajstić information content (AvgIpc) is 2.05. The lowest BCUT2D eigenvalue weighted by Crippen LogP contribution is -2.16. The van der Waals surface area contributed by atoms with E-state index in [0.717, 1.165) is 5.56 Å². The fraction of sp³-hybridized carbons (Fsp3) is 0.333. The summed E-state index contributed by atoms with van der Waals surface area (Å²) < 4.78 is 0. The predicted molar refractivity (Wildman–Crippen MR) is 47.0 cm³/mol. The van der Waals surface area contributed by atoms with E-state index in [1.165, 1.54) is 0 Å². The lowest BCUT2D eigenvalue weighted by atomic mass is 10.1. The Kier molecular flexibility index (Phi) is 3.08. The maximum absolute atomic E-state index is 9.47. The number of aliphatic hydroxyl groups is 1. The molecule has 0 aliphatic heterocycles. The van der Waals surface area contributed by atoms with Gasteiger partial charge in [-0.05, 0) is 24.7 Å². The van der Waals surface area contributed by atoms with Crippen molar-refractivity contribution in [3.63, 3.8) is 0 Å². The highest BCUT2D eigenvalue weighted by atomic mass is 16.3. The highest BCUT2D eigenvalue weighted by Gasteiger charge is 2.05. The zero-order valence-electron chi connectivity index (χ0n) is 6.99. The van der Waals surface area contributed by atoms with E-state index in [4.69, 9.17) is 5.11 Å². The molecule has 1 aromatic rings. The van der Waals surface area contributed by atoms with Gasteiger partial charge in [-0.1, -0.05) is 12.1 Å². The molecule has 3 N–H and O–H groups in total. The van der Waals surface area contributed by atoms with Gasteiger partial charge in [-0.3, -0.25) is 0 Å². The predicted octanol–water partition coefficient (Wildman–Crippen LogP) is 0.645. The van der Waals surface area contributed by atoms with Crippen molar-refractivity contribution in [3.8, 4) is 5.75 Å². The molecule has 12 heavy (non-hydrogen) atoms. The largest absolute Gasteiger partial charge is 0.508 e. The molecular weight excluding hydrogens is 153 g/mol. The Bertz CT molecular complexity index is 250. The Hall–Kier alpha value is -1.06. The maximum atomic E-state index is 9.47. The number of aromatic hydroxyl groups is 1. The van der Waals surface area contributed by atoms with E-state index in [1.54, 1.807) is 31.3 Å². The van der Waals surface area contributed by atoms with Gasteiger partial charge in [0.05, 0.1) is 6.10 Å². The summed E-state index contributed by atoms with van der Waals surface area (Å²) in [7, 11) is 1.77. The third-order valence-electron chi connectivity index (χ3n) is 1.65. The van der Waals surface area contributed by atoms with Gasteiger partial charge in [-0.25, -0.2) is 0 Å². The van der Waals surface area contributed by atoms with Gasteiger partial charge in [0.15, 0.2) is 0 Å². The molecule has 0 saturated heterocycles. The minimum absolute atomic E-state index is 0.183. The van der Waals surface area contributed by atoms with E-state index < -0.39 is 6.10 Å². The fourth-order valence-electron chi connectivity index (χ4n) is 1.04. The lowest BCUT2D eigenvalue weighted by Gasteiger charge is -2.09. The van der Waals surface area contributed by atoms with Crippen molar-refractivity contribution in [2.24, 2.45) is 0 Å². The monoisotopic (exact) mass is 166 g/mol. The molecule has 0 heterocycles. The van der Waals surface area contributed by atoms with E-state index in [0.29, 0.717) is 6.54 Å². The van der Waals surface area contributed by atoms with Crippen molar-refractivity contribution in [2.75, 3.05) is 13.6 Å². The third-order valence-corrected chi connectivity index (χ3v) is 1.65. The summed E-state index contributed by atoms with van der Waals surface area (Å²) in [5, 5.41) is 21.4. The van der Waals surface area contributed by atoms with E-state index in [1.807, 2.05) is 0 Å². The quantitative estimate of drug-likeness (QED) is 0.617. The van der Waals surface area contributed by atoms with Crippen LogP contribution in [0.1, 0.15) is 11.7 Å². The van der Waals surface area contributed by atoms with Crippen molar-refractivity contribution in [3.05, 3.63) is 29.8 Å². The smallest absolute Gasteiger partial charge is 0.115 e. The van der Waals surface area contributed by atoms with Crippen LogP contribution in [0, 0.1) is 0 Å². The first-order chi connectivity index (χ1) is 5.74. The zero-order valence-corrected chi connectivity index (χ0v) is 6.99. The van der Waals surface area contributed by atoms with Crippen LogP contribution in [0.3, 0.4) is 0 Å². The summed E-state index contributed by atoms with van der Waals surface area (Å²) in [5.41, 5.74) is 0.726. The molecule has 1 rings (SSSR count). The number of benzene rings is 1. The van der Waals surface area contributed by atoms with Gasteiger partial charge in [-0.15, -0.1) is 0 Å². The Morgan fingerprint density at radius 1 is 1.50 bits per heavy atom. The second-order valence-corrected chi connectivity index (χ2v) is 2.67. The summed E-state index contributed by atoms with van der Waals surface area (Å²) in [6, 6.07) is 6.63. The standard InChI is InChI=1S/C9H13NO2/c1-10-6-9(12)7-3-2-4-8(11)5-7/h2-5,9-12H,6H2,1H3/i1-1. The van der Waals surface area contributed by atoms with Crippen LogP contribution in [0.5, 0.6) is 5.75 Å². The molecule has 1 unspecified atom stereocenters. The normalized spacial score (nSPS) is 12.8. The molecule has 3 heteroatoms. The number of nitrogens with one attached hydrogen (secondary N) is 1. The molecule has 0 radical (unpaired) electrons. The molecule has 1 aromatic carbocycles. The van der Waals surface area contributed by atoms with Crippen molar-refractivity contribution < 1.29 is 10.2 Å². The number of hydrogen-bond donors (Lipinski definition) is 3. The van der Waals surface area contributed by atoms with Crippen molar-refractivity contribution in [1.82, 2.24) is 5.32 Å². The van der Waals surface area contributed by atoms with Gasteiger partial charge in [-0.2, -0.15) is 0 Å². The first kappa shape index (κ1) is 9.03. The van der Waals surface area contributed by atoms with E-state index in [2.05, 4.69) is 5.32 Å². The maximum Gasteiger partial charge on any atom is 0.115 e. The van der Waals surface area contributed by atoms with E-state index >= 15 is 0 Å². The van der Waals surface area contributed by atoms with Gasteiger partial charge in [0.2, 0.25) is 0 Å². The second kappa shape index (κ2) is 4.09. The van der Waals surface area contributed by atoms with Gasteiger partial charge < -0.3 is 15.5 Å². The van der Waals surface area contributed by atoms with E-state index in [9.17, 15) is 5.11 Å². The molecule has 0 saturated carbocycles. The molecule has 0 aromatic heterocycles. The minimum atomic E-state index is -0.554.